The van der Waals surface area contributed by atoms with Gasteiger partial charge in [0, 0.05) is 12.6 Å². The number of rotatable bonds is 6. The van der Waals surface area contributed by atoms with Crippen LogP contribution >= 0.6 is 0 Å². The standard InChI is InChI=1S/C19H25N3O6/c1-12(22-13-8-6-7-9-14(13)28-18(22)26)17(25)27-11-16(24)21(5)10-15(23)20-19(2,3)4/h6-9,12H,10-11H2,1-5H3,(H,20,23). The maximum absolute atomic E-state index is 12.3. The zero-order valence-corrected chi connectivity index (χ0v) is 16.6. The number of aromatic nitrogens is 1. The number of ether oxygens (including phenoxy) is 1. The topological polar surface area (TPSA) is 111 Å². The summed E-state index contributed by atoms with van der Waals surface area (Å²) >= 11 is 0. The van der Waals surface area contributed by atoms with Crippen LogP contribution in [0.25, 0.3) is 11.1 Å². The van der Waals surface area contributed by atoms with Crippen LogP contribution in [0.2, 0.25) is 0 Å². The van der Waals surface area contributed by atoms with E-state index in [-0.39, 0.29) is 12.5 Å². The number of hydrogen-bond acceptors (Lipinski definition) is 6. The first-order valence-corrected chi connectivity index (χ1v) is 8.81. The molecule has 0 aliphatic carbocycles. The van der Waals surface area contributed by atoms with Crippen LogP contribution < -0.4 is 11.1 Å². The van der Waals surface area contributed by atoms with Gasteiger partial charge in [-0.25, -0.2) is 9.59 Å². The largest absolute Gasteiger partial charge is 0.454 e. The maximum Gasteiger partial charge on any atom is 0.420 e. The molecule has 0 radical (unpaired) electrons. The van der Waals surface area contributed by atoms with E-state index < -0.39 is 35.8 Å². The van der Waals surface area contributed by atoms with Gasteiger partial charge in [-0.2, -0.15) is 0 Å². The van der Waals surface area contributed by atoms with Crippen molar-refractivity contribution in [1.29, 1.82) is 0 Å². The first-order chi connectivity index (χ1) is 13.0. The van der Waals surface area contributed by atoms with Crippen LogP contribution in [0.15, 0.2) is 33.5 Å². The van der Waals surface area contributed by atoms with Crippen molar-refractivity contribution in [2.75, 3.05) is 20.2 Å². The van der Waals surface area contributed by atoms with Gasteiger partial charge in [-0.1, -0.05) is 12.1 Å². The molecule has 1 atom stereocenters. The van der Waals surface area contributed by atoms with Crippen molar-refractivity contribution in [1.82, 2.24) is 14.8 Å². The molecule has 28 heavy (non-hydrogen) atoms. The summed E-state index contributed by atoms with van der Waals surface area (Å²) in [5, 5.41) is 2.74. The van der Waals surface area contributed by atoms with E-state index in [1.54, 1.807) is 24.3 Å². The summed E-state index contributed by atoms with van der Waals surface area (Å²) in [6.45, 7) is 6.28. The van der Waals surface area contributed by atoms with Crippen molar-refractivity contribution in [3.05, 3.63) is 34.8 Å². The fourth-order valence-electron chi connectivity index (χ4n) is 2.58. The Kier molecular flexibility index (Phi) is 6.27. The van der Waals surface area contributed by atoms with E-state index >= 15 is 0 Å². The van der Waals surface area contributed by atoms with Crippen molar-refractivity contribution < 1.29 is 23.5 Å². The second-order valence-corrected chi connectivity index (χ2v) is 7.54. The number of fused-ring (bicyclic) bond motifs is 1. The molecule has 2 amide bonds. The zero-order valence-electron chi connectivity index (χ0n) is 16.6. The van der Waals surface area contributed by atoms with Crippen molar-refractivity contribution in [3.8, 4) is 0 Å². The summed E-state index contributed by atoms with van der Waals surface area (Å²) in [4.78, 5) is 49.5. The molecule has 9 heteroatoms. The average molecular weight is 391 g/mol. The number of carbonyl (C=O) groups excluding carboxylic acids is 3. The monoisotopic (exact) mass is 391 g/mol. The molecule has 0 aliphatic heterocycles. The average Bonchev–Trinajstić information content (AvgIpc) is 2.92. The lowest BCUT2D eigenvalue weighted by molar-refractivity contribution is -0.154. The van der Waals surface area contributed by atoms with Crippen molar-refractivity contribution in [2.45, 2.75) is 39.3 Å². The molecule has 152 valence electrons. The van der Waals surface area contributed by atoms with Gasteiger partial charge in [0.2, 0.25) is 5.91 Å². The van der Waals surface area contributed by atoms with Crippen LogP contribution in [0.1, 0.15) is 33.7 Å². The fraction of sp³-hybridized carbons (Fsp3) is 0.474. The molecule has 0 aliphatic rings. The number of amides is 2. The molecule has 0 bridgehead atoms. The number of nitrogens with zero attached hydrogens (tertiary/aromatic N) is 2. The number of oxazole rings is 1. The number of likely N-dealkylation sites (N-methyl/N-ethyl adjacent to an activating group) is 1. The lowest BCUT2D eigenvalue weighted by Gasteiger charge is -2.23. The number of carbonyl (C=O) groups is 3. The second-order valence-electron chi connectivity index (χ2n) is 7.54. The lowest BCUT2D eigenvalue weighted by atomic mass is 10.1. The zero-order chi connectivity index (χ0) is 21.1. The predicted molar refractivity (Wildman–Crippen MR) is 102 cm³/mol. The summed E-state index contributed by atoms with van der Waals surface area (Å²) in [5.74, 6) is -2.30. The van der Waals surface area contributed by atoms with Crippen LogP contribution in [0.4, 0.5) is 0 Å². The van der Waals surface area contributed by atoms with Gasteiger partial charge in [-0.3, -0.25) is 14.2 Å². The molecule has 1 N–H and O–H groups in total. The molecular formula is C19H25N3O6. The minimum atomic E-state index is -0.974. The smallest absolute Gasteiger partial charge is 0.420 e. The molecule has 0 saturated heterocycles. The highest BCUT2D eigenvalue weighted by molar-refractivity contribution is 5.87. The molecular weight excluding hydrogens is 366 g/mol. The highest BCUT2D eigenvalue weighted by atomic mass is 16.5. The number of nitrogens with one attached hydrogen (secondary N) is 1. The van der Waals surface area contributed by atoms with Crippen LogP contribution in [0, 0.1) is 0 Å². The molecule has 1 aromatic carbocycles. The Hall–Kier alpha value is -3.10. The minimum Gasteiger partial charge on any atom is -0.454 e. The Morgan fingerprint density at radius 2 is 1.89 bits per heavy atom. The molecule has 1 aromatic heterocycles. The molecule has 0 fully saturated rings. The van der Waals surface area contributed by atoms with Crippen LogP contribution in [-0.2, 0) is 19.1 Å². The highest BCUT2D eigenvalue weighted by Gasteiger charge is 2.24. The Bertz CT molecular complexity index is 937. The van der Waals surface area contributed by atoms with E-state index in [0.717, 1.165) is 0 Å². The number of para-hydroxylation sites is 2. The summed E-state index contributed by atoms with van der Waals surface area (Å²) in [6, 6.07) is 5.72. The molecule has 0 spiro atoms. The predicted octanol–water partition coefficient (Wildman–Crippen LogP) is 1.07. The minimum absolute atomic E-state index is 0.158. The number of esters is 1. The quantitative estimate of drug-likeness (QED) is 0.738. The van der Waals surface area contributed by atoms with E-state index in [4.69, 9.17) is 9.15 Å². The van der Waals surface area contributed by atoms with Gasteiger partial charge in [0.1, 0.15) is 6.04 Å². The first-order valence-electron chi connectivity index (χ1n) is 8.81. The Balaban J connectivity index is 1.95. The van der Waals surface area contributed by atoms with Crippen LogP contribution in [0.5, 0.6) is 0 Å². The Morgan fingerprint density at radius 1 is 1.25 bits per heavy atom. The summed E-state index contributed by atoms with van der Waals surface area (Å²) in [7, 11) is 1.44. The lowest BCUT2D eigenvalue weighted by Crippen LogP contribution is -2.47. The van der Waals surface area contributed by atoms with Gasteiger partial charge in [0.15, 0.2) is 12.2 Å². The summed E-state index contributed by atoms with van der Waals surface area (Å²) in [5.41, 5.74) is 0.399. The molecule has 9 nitrogen and oxygen atoms in total. The molecule has 2 aromatic rings. The summed E-state index contributed by atoms with van der Waals surface area (Å²) in [6.07, 6.45) is 0. The third kappa shape index (κ3) is 5.21. The van der Waals surface area contributed by atoms with E-state index in [0.29, 0.717) is 11.1 Å². The SMILES string of the molecule is CC(C(=O)OCC(=O)N(C)CC(=O)NC(C)(C)C)n1c(=O)oc2ccccc21. The van der Waals surface area contributed by atoms with E-state index in [9.17, 15) is 19.2 Å². The van der Waals surface area contributed by atoms with Gasteiger partial charge in [0.25, 0.3) is 5.91 Å². The van der Waals surface area contributed by atoms with Gasteiger partial charge in [-0.15, -0.1) is 0 Å². The van der Waals surface area contributed by atoms with Crippen LogP contribution in [0.3, 0.4) is 0 Å². The molecule has 2 rings (SSSR count). The number of hydrogen-bond donors (Lipinski definition) is 1. The van der Waals surface area contributed by atoms with Crippen molar-refractivity contribution in [3.63, 3.8) is 0 Å². The van der Waals surface area contributed by atoms with Crippen molar-refractivity contribution >= 4 is 28.9 Å². The second kappa shape index (κ2) is 8.28. The first kappa shape index (κ1) is 21.2. The van der Waals surface area contributed by atoms with Gasteiger partial charge < -0.3 is 19.4 Å². The van der Waals surface area contributed by atoms with E-state index in [1.165, 1.54) is 23.4 Å². The van der Waals surface area contributed by atoms with Gasteiger partial charge >= 0.3 is 11.7 Å². The van der Waals surface area contributed by atoms with Crippen LogP contribution in [-0.4, -0.2) is 53.0 Å². The van der Waals surface area contributed by atoms with Gasteiger partial charge in [0.05, 0.1) is 12.1 Å². The Morgan fingerprint density at radius 3 is 2.54 bits per heavy atom. The maximum atomic E-state index is 12.3. The van der Waals surface area contributed by atoms with E-state index in [1.807, 2.05) is 20.8 Å². The molecule has 0 saturated carbocycles. The third-order valence-electron chi connectivity index (χ3n) is 3.91. The normalized spacial score (nSPS) is 12.5. The summed E-state index contributed by atoms with van der Waals surface area (Å²) < 4.78 is 11.3. The van der Waals surface area contributed by atoms with Gasteiger partial charge in [-0.05, 0) is 39.8 Å². The highest BCUT2D eigenvalue weighted by Crippen LogP contribution is 2.17. The van der Waals surface area contributed by atoms with E-state index in [2.05, 4.69) is 5.32 Å². The fourth-order valence-corrected chi connectivity index (χ4v) is 2.58. The third-order valence-corrected chi connectivity index (χ3v) is 3.91. The molecule has 1 unspecified atom stereocenters. The Labute approximate surface area is 162 Å². The van der Waals surface area contributed by atoms with Crippen molar-refractivity contribution in [2.24, 2.45) is 0 Å². The number of benzene rings is 1. The molecule has 1 heterocycles.